The third-order valence-corrected chi connectivity index (χ3v) is 3.39. The van der Waals surface area contributed by atoms with Crippen LogP contribution in [0.1, 0.15) is 32.1 Å². The molecule has 0 amide bonds. The molecule has 3 nitrogen and oxygen atoms in total. The van der Waals surface area contributed by atoms with Crippen molar-refractivity contribution in [3.05, 3.63) is 0 Å². The number of rotatable bonds is 6. The van der Waals surface area contributed by atoms with Crippen LogP contribution in [-0.2, 0) is 9.47 Å². The van der Waals surface area contributed by atoms with Crippen LogP contribution in [0.2, 0.25) is 0 Å². The van der Waals surface area contributed by atoms with E-state index in [4.69, 9.17) is 27.4 Å². The predicted octanol–water partition coefficient (Wildman–Crippen LogP) is 1.64. The summed E-state index contributed by atoms with van der Waals surface area (Å²) in [5.74, 6) is 0. The smallest absolute Gasteiger partial charge is 0.0809 e. The Balaban J connectivity index is 1.62. The largest absolute Gasteiger partial charge is 0.393 e. The summed E-state index contributed by atoms with van der Waals surface area (Å²) in [6, 6.07) is 0. The van der Waals surface area contributed by atoms with Crippen molar-refractivity contribution in [2.75, 3.05) is 19.8 Å². The molecule has 2 aliphatic rings. The highest BCUT2D eigenvalue weighted by atomic mass is 32.1. The molecular weight excluding hydrogens is 210 g/mol. The van der Waals surface area contributed by atoms with E-state index in [9.17, 15) is 0 Å². The highest BCUT2D eigenvalue weighted by Gasteiger charge is 2.43. The zero-order valence-corrected chi connectivity index (χ0v) is 9.85. The van der Waals surface area contributed by atoms with E-state index in [1.807, 2.05) is 0 Å². The third kappa shape index (κ3) is 3.40. The van der Waals surface area contributed by atoms with Gasteiger partial charge in [-0.15, -0.1) is 0 Å². The first kappa shape index (κ1) is 11.3. The number of ether oxygens (including phenoxy) is 2. The van der Waals surface area contributed by atoms with Crippen LogP contribution in [0.4, 0.5) is 0 Å². The highest BCUT2D eigenvalue weighted by molar-refractivity contribution is 7.80. The molecule has 0 aromatic carbocycles. The molecule has 1 heterocycles. The number of hydrogen-bond donors (Lipinski definition) is 1. The van der Waals surface area contributed by atoms with E-state index < -0.39 is 0 Å². The van der Waals surface area contributed by atoms with Crippen LogP contribution < -0.4 is 5.73 Å². The van der Waals surface area contributed by atoms with Gasteiger partial charge in [0.25, 0.3) is 0 Å². The van der Waals surface area contributed by atoms with Gasteiger partial charge in [0.05, 0.1) is 24.3 Å². The molecule has 86 valence electrons. The second kappa shape index (κ2) is 4.76. The summed E-state index contributed by atoms with van der Waals surface area (Å²) in [7, 11) is 0. The Morgan fingerprint density at radius 1 is 1.53 bits per heavy atom. The minimum atomic E-state index is 0.282. The van der Waals surface area contributed by atoms with E-state index in [-0.39, 0.29) is 5.41 Å². The van der Waals surface area contributed by atoms with Gasteiger partial charge < -0.3 is 15.2 Å². The van der Waals surface area contributed by atoms with Crippen molar-refractivity contribution in [1.82, 2.24) is 0 Å². The van der Waals surface area contributed by atoms with Gasteiger partial charge in [-0.25, -0.2) is 0 Å². The van der Waals surface area contributed by atoms with Crippen LogP contribution in [0.25, 0.3) is 0 Å². The van der Waals surface area contributed by atoms with Crippen molar-refractivity contribution in [1.29, 1.82) is 0 Å². The average Bonchev–Trinajstić information content (AvgIpc) is 2.74. The standard InChI is InChI=1S/C11H19NO2S/c12-10(15)6-11(3-4-11)8-13-7-9-2-1-5-14-9/h9H,1-8H2,(H2,12,15). The molecule has 4 heteroatoms. The minimum absolute atomic E-state index is 0.282. The molecule has 2 rings (SSSR count). The summed E-state index contributed by atoms with van der Waals surface area (Å²) in [5.41, 5.74) is 5.85. The summed E-state index contributed by atoms with van der Waals surface area (Å²) in [6.07, 6.45) is 5.89. The summed E-state index contributed by atoms with van der Waals surface area (Å²) in [6.45, 7) is 2.43. The van der Waals surface area contributed by atoms with Crippen molar-refractivity contribution in [2.24, 2.45) is 11.1 Å². The number of hydrogen-bond acceptors (Lipinski definition) is 3. The van der Waals surface area contributed by atoms with E-state index in [1.165, 1.54) is 19.3 Å². The fraction of sp³-hybridized carbons (Fsp3) is 0.909. The second-order valence-corrected chi connectivity index (χ2v) is 5.32. The summed E-state index contributed by atoms with van der Waals surface area (Å²) < 4.78 is 11.2. The molecule has 1 unspecified atom stereocenters. The van der Waals surface area contributed by atoms with Gasteiger partial charge in [-0.3, -0.25) is 0 Å². The molecular formula is C11H19NO2S. The molecule has 1 atom stereocenters. The molecule has 15 heavy (non-hydrogen) atoms. The van der Waals surface area contributed by atoms with Gasteiger partial charge in [0.1, 0.15) is 0 Å². The Hall–Kier alpha value is -0.190. The van der Waals surface area contributed by atoms with Gasteiger partial charge >= 0.3 is 0 Å². The Kier molecular flexibility index (Phi) is 3.59. The van der Waals surface area contributed by atoms with Gasteiger partial charge in [0.2, 0.25) is 0 Å². The molecule has 2 fully saturated rings. The molecule has 1 aliphatic heterocycles. The minimum Gasteiger partial charge on any atom is -0.393 e. The van der Waals surface area contributed by atoms with Crippen LogP contribution in [0.5, 0.6) is 0 Å². The Morgan fingerprint density at radius 2 is 2.33 bits per heavy atom. The SMILES string of the molecule is NC(=S)CC1(COCC2CCCO2)CC1. The molecule has 0 bridgehead atoms. The number of thiocarbonyl (C=S) groups is 1. The van der Waals surface area contributed by atoms with Crippen LogP contribution >= 0.6 is 12.2 Å². The average molecular weight is 229 g/mol. The van der Waals surface area contributed by atoms with Gasteiger partial charge in [0, 0.05) is 18.4 Å². The van der Waals surface area contributed by atoms with Gasteiger partial charge in [-0.1, -0.05) is 12.2 Å². The van der Waals surface area contributed by atoms with Crippen molar-refractivity contribution in [2.45, 2.75) is 38.2 Å². The molecule has 1 saturated carbocycles. The second-order valence-electron chi connectivity index (χ2n) is 4.79. The predicted molar refractivity (Wildman–Crippen MR) is 62.9 cm³/mol. The van der Waals surface area contributed by atoms with Crippen LogP contribution in [0.3, 0.4) is 0 Å². The third-order valence-electron chi connectivity index (χ3n) is 3.24. The molecule has 0 aromatic rings. The fourth-order valence-electron chi connectivity index (χ4n) is 2.10. The lowest BCUT2D eigenvalue weighted by Crippen LogP contribution is -2.22. The van der Waals surface area contributed by atoms with E-state index in [0.717, 1.165) is 32.7 Å². The maximum Gasteiger partial charge on any atom is 0.0809 e. The molecule has 1 aliphatic carbocycles. The highest BCUT2D eigenvalue weighted by Crippen LogP contribution is 2.49. The first-order valence-electron chi connectivity index (χ1n) is 5.68. The van der Waals surface area contributed by atoms with Crippen LogP contribution in [0, 0.1) is 5.41 Å². The molecule has 0 aromatic heterocycles. The van der Waals surface area contributed by atoms with Crippen molar-refractivity contribution in [3.8, 4) is 0 Å². The van der Waals surface area contributed by atoms with Crippen molar-refractivity contribution in [3.63, 3.8) is 0 Å². The summed E-state index contributed by atoms with van der Waals surface area (Å²) >= 11 is 4.94. The Bertz CT molecular complexity index is 235. The van der Waals surface area contributed by atoms with E-state index >= 15 is 0 Å². The number of nitrogens with two attached hydrogens (primary N) is 1. The quantitative estimate of drug-likeness (QED) is 0.703. The van der Waals surface area contributed by atoms with E-state index in [0.29, 0.717) is 11.1 Å². The lowest BCUT2D eigenvalue weighted by atomic mass is 10.0. The van der Waals surface area contributed by atoms with Crippen LogP contribution in [-0.4, -0.2) is 30.9 Å². The lowest BCUT2D eigenvalue weighted by Gasteiger charge is -2.16. The van der Waals surface area contributed by atoms with Crippen LogP contribution in [0.15, 0.2) is 0 Å². The summed E-state index contributed by atoms with van der Waals surface area (Å²) in [4.78, 5) is 0.619. The first-order valence-corrected chi connectivity index (χ1v) is 6.09. The maximum atomic E-state index is 5.71. The zero-order chi connectivity index (χ0) is 10.7. The van der Waals surface area contributed by atoms with E-state index in [1.54, 1.807) is 0 Å². The molecule has 1 saturated heterocycles. The van der Waals surface area contributed by atoms with Gasteiger partial charge in [-0.05, 0) is 25.7 Å². The fourth-order valence-corrected chi connectivity index (χ4v) is 2.41. The topological polar surface area (TPSA) is 44.5 Å². The first-order chi connectivity index (χ1) is 7.20. The molecule has 2 N–H and O–H groups in total. The van der Waals surface area contributed by atoms with E-state index in [2.05, 4.69) is 0 Å². The Morgan fingerprint density at radius 3 is 2.87 bits per heavy atom. The normalized spacial score (nSPS) is 27.9. The molecule has 0 spiro atoms. The van der Waals surface area contributed by atoms with Crippen molar-refractivity contribution < 1.29 is 9.47 Å². The molecule has 0 radical (unpaired) electrons. The lowest BCUT2D eigenvalue weighted by molar-refractivity contribution is 0.00237. The van der Waals surface area contributed by atoms with Crippen molar-refractivity contribution >= 4 is 17.2 Å². The zero-order valence-electron chi connectivity index (χ0n) is 9.04. The Labute approximate surface area is 96.3 Å². The maximum absolute atomic E-state index is 5.71. The monoisotopic (exact) mass is 229 g/mol. The summed E-state index contributed by atoms with van der Waals surface area (Å²) in [5, 5.41) is 0. The van der Waals surface area contributed by atoms with Gasteiger partial charge in [-0.2, -0.15) is 0 Å². The van der Waals surface area contributed by atoms with Gasteiger partial charge in [0.15, 0.2) is 0 Å².